The third-order valence-corrected chi connectivity index (χ3v) is 7.62. The summed E-state index contributed by atoms with van der Waals surface area (Å²) in [5.41, 5.74) is 5.90. The van der Waals surface area contributed by atoms with Gasteiger partial charge in [0.1, 0.15) is 0 Å². The van der Waals surface area contributed by atoms with Gasteiger partial charge in [0.25, 0.3) is 0 Å². The van der Waals surface area contributed by atoms with Gasteiger partial charge in [0, 0.05) is 34.2 Å². The lowest BCUT2D eigenvalue weighted by Crippen LogP contribution is -2.07. The van der Waals surface area contributed by atoms with E-state index in [1.807, 2.05) is 75.4 Å². The van der Waals surface area contributed by atoms with E-state index in [1.165, 1.54) is 23.1 Å². The lowest BCUT2D eigenvalue weighted by atomic mass is 10.2. The van der Waals surface area contributed by atoms with Crippen molar-refractivity contribution >= 4 is 51.3 Å². The van der Waals surface area contributed by atoms with Crippen LogP contribution in [0.5, 0.6) is 0 Å². The molecule has 0 spiro atoms. The molecule has 1 N–H and O–H groups in total. The molecule has 0 radical (unpaired) electrons. The normalized spacial score (nSPS) is 11.0. The molecule has 0 unspecified atom stereocenters. The van der Waals surface area contributed by atoms with E-state index in [2.05, 4.69) is 20.1 Å². The van der Waals surface area contributed by atoms with Crippen molar-refractivity contribution in [1.82, 2.24) is 14.8 Å². The molecule has 8 heteroatoms. The van der Waals surface area contributed by atoms with E-state index in [1.54, 1.807) is 0 Å². The van der Waals surface area contributed by atoms with Crippen LogP contribution in [0, 0.1) is 20.8 Å². The van der Waals surface area contributed by atoms with E-state index >= 15 is 0 Å². The fraction of sp³-hybridized carbons (Fsp3) is 0.208. The first kappa shape index (κ1) is 22.6. The third kappa shape index (κ3) is 5.06. The topological polar surface area (TPSA) is 59.8 Å². The van der Waals surface area contributed by atoms with Gasteiger partial charge in [-0.15, -0.1) is 10.2 Å². The number of aromatic nitrogens is 3. The molecule has 0 fully saturated rings. The number of Topliss-reactive ketones (excluding diaryl/α,β-unsaturated/α-hetero) is 1. The summed E-state index contributed by atoms with van der Waals surface area (Å²) in [5.74, 6) is 0.396. The highest BCUT2D eigenvalue weighted by atomic mass is 35.5. The van der Waals surface area contributed by atoms with Crippen LogP contribution in [0.2, 0.25) is 5.02 Å². The second-order valence-electron chi connectivity index (χ2n) is 7.49. The lowest BCUT2D eigenvalue weighted by Gasteiger charge is -2.11. The van der Waals surface area contributed by atoms with E-state index in [0.29, 0.717) is 17.4 Å². The van der Waals surface area contributed by atoms with E-state index in [4.69, 9.17) is 11.6 Å². The van der Waals surface area contributed by atoms with Crippen molar-refractivity contribution in [2.45, 2.75) is 31.7 Å². The summed E-state index contributed by atoms with van der Waals surface area (Å²) in [5, 5.41) is 13.2. The van der Waals surface area contributed by atoms with Crippen molar-refractivity contribution < 1.29 is 4.79 Å². The highest BCUT2D eigenvalue weighted by Gasteiger charge is 2.18. The molecular weight excluding hydrogens is 460 g/mol. The molecule has 0 bridgehead atoms. The Kier molecular flexibility index (Phi) is 6.98. The molecule has 0 aliphatic heterocycles. The molecule has 2 aromatic heterocycles. The van der Waals surface area contributed by atoms with E-state index < -0.39 is 0 Å². The molecule has 0 saturated heterocycles. The van der Waals surface area contributed by atoms with Gasteiger partial charge in [0.2, 0.25) is 5.13 Å². The minimum absolute atomic E-state index is 0.0807. The quantitative estimate of drug-likeness (QED) is 0.224. The van der Waals surface area contributed by atoms with Crippen LogP contribution < -0.4 is 5.32 Å². The maximum atomic E-state index is 12.9. The first-order valence-corrected chi connectivity index (χ1v) is 12.3. The zero-order valence-corrected chi connectivity index (χ0v) is 20.4. The number of benzene rings is 2. The second kappa shape index (κ2) is 9.90. The molecule has 0 aliphatic rings. The van der Waals surface area contributed by atoms with Gasteiger partial charge in [-0.05, 0) is 50.1 Å². The van der Waals surface area contributed by atoms with E-state index in [0.717, 1.165) is 43.1 Å². The summed E-state index contributed by atoms with van der Waals surface area (Å²) in [6.45, 7) is 6.68. The van der Waals surface area contributed by atoms with Gasteiger partial charge < -0.3 is 9.88 Å². The van der Waals surface area contributed by atoms with Crippen LogP contribution in [0.15, 0.2) is 58.9 Å². The number of halogens is 1. The molecule has 0 atom stereocenters. The molecule has 0 aliphatic carbocycles. The van der Waals surface area contributed by atoms with Crippen LogP contribution in [0.1, 0.15) is 32.9 Å². The Morgan fingerprint density at radius 2 is 1.84 bits per heavy atom. The fourth-order valence-corrected chi connectivity index (χ4v) is 5.32. The predicted octanol–water partition coefficient (Wildman–Crippen LogP) is 6.69. The zero-order valence-electron chi connectivity index (χ0n) is 18.1. The van der Waals surface area contributed by atoms with Gasteiger partial charge in [-0.25, -0.2) is 0 Å². The van der Waals surface area contributed by atoms with Crippen molar-refractivity contribution in [3.8, 4) is 0 Å². The molecule has 4 rings (SSSR count). The second-order valence-corrected chi connectivity index (χ2v) is 10.1. The molecule has 2 heterocycles. The highest BCUT2D eigenvalue weighted by Crippen LogP contribution is 2.30. The van der Waals surface area contributed by atoms with Crippen LogP contribution in [-0.4, -0.2) is 26.3 Å². The molecular formula is C24H23ClN4OS2. The minimum Gasteiger partial charge on any atom is -0.344 e. The molecule has 5 nitrogen and oxygen atoms in total. The monoisotopic (exact) mass is 482 g/mol. The fourth-order valence-electron chi connectivity index (χ4n) is 3.48. The summed E-state index contributed by atoms with van der Waals surface area (Å²) in [4.78, 5) is 12.9. The van der Waals surface area contributed by atoms with Gasteiger partial charge in [-0.2, -0.15) is 0 Å². The van der Waals surface area contributed by atoms with Crippen molar-refractivity contribution in [2.24, 2.45) is 0 Å². The van der Waals surface area contributed by atoms with Crippen molar-refractivity contribution in [3.05, 3.63) is 87.7 Å². The number of nitrogens with one attached hydrogen (secondary N) is 1. The first-order valence-electron chi connectivity index (χ1n) is 10.1. The van der Waals surface area contributed by atoms with Crippen LogP contribution in [0.4, 0.5) is 10.8 Å². The standard InChI is InChI=1S/C24H23ClN4OS2/c1-15-8-4-7-11-21(15)26-23-27-28-24(32-23)31-14-22(30)19-12-16(2)29(17(19)3)13-18-9-5-6-10-20(18)25/h4-12H,13-14H2,1-3H3,(H,26,27). The van der Waals surface area contributed by atoms with Gasteiger partial charge >= 0.3 is 0 Å². The Morgan fingerprint density at radius 1 is 1.09 bits per heavy atom. The number of carbonyl (C=O) groups is 1. The number of hydrogen-bond donors (Lipinski definition) is 1. The summed E-state index contributed by atoms with van der Waals surface area (Å²) in [6.07, 6.45) is 0. The number of anilines is 2. The minimum atomic E-state index is 0.0807. The lowest BCUT2D eigenvalue weighted by molar-refractivity contribution is 0.102. The molecule has 164 valence electrons. The molecule has 4 aromatic rings. The third-order valence-electron chi connectivity index (χ3n) is 5.28. The number of hydrogen-bond acceptors (Lipinski definition) is 6. The summed E-state index contributed by atoms with van der Waals surface area (Å²) in [7, 11) is 0. The number of para-hydroxylation sites is 1. The van der Waals surface area contributed by atoms with Crippen molar-refractivity contribution in [3.63, 3.8) is 0 Å². The number of carbonyl (C=O) groups excluding carboxylic acids is 1. The zero-order chi connectivity index (χ0) is 22.7. The maximum Gasteiger partial charge on any atom is 0.210 e. The number of thioether (sulfide) groups is 1. The Morgan fingerprint density at radius 3 is 2.62 bits per heavy atom. The average molecular weight is 483 g/mol. The van der Waals surface area contributed by atoms with Gasteiger partial charge in [0.05, 0.1) is 5.75 Å². The van der Waals surface area contributed by atoms with Crippen molar-refractivity contribution in [1.29, 1.82) is 0 Å². The van der Waals surface area contributed by atoms with Gasteiger partial charge in [-0.3, -0.25) is 4.79 Å². The number of rotatable bonds is 8. The Hall–Kier alpha value is -2.61. The SMILES string of the molecule is Cc1ccccc1Nc1nnc(SCC(=O)c2cc(C)n(Cc3ccccc3Cl)c2C)s1. The van der Waals surface area contributed by atoms with Gasteiger partial charge in [0.15, 0.2) is 10.1 Å². The van der Waals surface area contributed by atoms with Crippen LogP contribution in [0.25, 0.3) is 0 Å². The molecule has 2 aromatic carbocycles. The Labute approximate surface area is 200 Å². The predicted molar refractivity (Wildman–Crippen MR) is 134 cm³/mol. The number of ketones is 1. The van der Waals surface area contributed by atoms with Crippen molar-refractivity contribution in [2.75, 3.05) is 11.1 Å². The average Bonchev–Trinajstić information content (AvgIpc) is 3.34. The van der Waals surface area contributed by atoms with Gasteiger partial charge in [-0.1, -0.05) is 71.1 Å². The first-order chi connectivity index (χ1) is 15.4. The van der Waals surface area contributed by atoms with E-state index in [-0.39, 0.29) is 5.78 Å². The van der Waals surface area contributed by atoms with E-state index in [9.17, 15) is 4.79 Å². The van der Waals surface area contributed by atoms with Crippen LogP contribution >= 0.6 is 34.7 Å². The Bertz CT molecular complexity index is 1260. The summed E-state index contributed by atoms with van der Waals surface area (Å²) in [6, 6.07) is 17.8. The van der Waals surface area contributed by atoms with Crippen LogP contribution in [-0.2, 0) is 6.54 Å². The molecule has 0 amide bonds. The largest absolute Gasteiger partial charge is 0.344 e. The smallest absolute Gasteiger partial charge is 0.210 e. The Balaban J connectivity index is 1.41. The summed E-state index contributed by atoms with van der Waals surface area (Å²) < 4.78 is 2.90. The number of aryl methyl sites for hydroxylation is 2. The highest BCUT2D eigenvalue weighted by molar-refractivity contribution is 8.01. The maximum absolute atomic E-state index is 12.9. The van der Waals surface area contributed by atoms with Crippen LogP contribution in [0.3, 0.4) is 0 Å². The number of nitrogens with zero attached hydrogens (tertiary/aromatic N) is 3. The summed E-state index contributed by atoms with van der Waals surface area (Å²) >= 11 is 9.19. The molecule has 0 saturated carbocycles. The molecule has 32 heavy (non-hydrogen) atoms.